The molecule has 1 aromatic heterocycles. The van der Waals surface area contributed by atoms with Gasteiger partial charge in [0, 0.05) is 23.4 Å². The molecular weight excluding hydrogens is 368 g/mol. The lowest BCUT2D eigenvalue weighted by atomic mass is 10.1. The van der Waals surface area contributed by atoms with E-state index in [2.05, 4.69) is 26.2 Å². The van der Waals surface area contributed by atoms with E-state index in [9.17, 15) is 22.4 Å². The number of nitrogens with zero attached hydrogens (tertiary/aromatic N) is 1. The maximum Gasteiger partial charge on any atom is 0.416 e. The van der Waals surface area contributed by atoms with E-state index in [0.29, 0.717) is 10.5 Å². The van der Waals surface area contributed by atoms with Crippen molar-refractivity contribution >= 4 is 21.8 Å². The topological polar surface area (TPSA) is 42.0 Å². The highest BCUT2D eigenvalue weighted by molar-refractivity contribution is 9.10. The Morgan fingerprint density at radius 3 is 2.59 bits per heavy atom. The average molecular weight is 377 g/mol. The Morgan fingerprint density at radius 1 is 1.23 bits per heavy atom. The molecule has 0 bridgehead atoms. The lowest BCUT2D eigenvalue weighted by molar-refractivity contribution is -0.138. The zero-order valence-corrected chi connectivity index (χ0v) is 12.5. The Labute approximate surface area is 131 Å². The number of halogens is 5. The number of aromatic nitrogens is 1. The SMILES string of the molecule is O=C(NCc1ccc(F)cc1C(F)(F)F)c1cncc(Br)c1. The van der Waals surface area contributed by atoms with Crippen molar-refractivity contribution < 1.29 is 22.4 Å². The summed E-state index contributed by atoms with van der Waals surface area (Å²) in [4.78, 5) is 15.7. The van der Waals surface area contributed by atoms with E-state index < -0.39 is 23.5 Å². The van der Waals surface area contributed by atoms with Gasteiger partial charge >= 0.3 is 6.18 Å². The highest BCUT2D eigenvalue weighted by Crippen LogP contribution is 2.32. The first kappa shape index (κ1) is 16.4. The number of nitrogens with one attached hydrogen (secondary N) is 1. The standard InChI is InChI=1S/C14H9BrF4N2O/c15-10-3-9(5-20-7-10)13(22)21-6-8-1-2-11(16)4-12(8)14(17,18)19/h1-5,7H,6H2,(H,21,22). The molecule has 1 heterocycles. The van der Waals surface area contributed by atoms with Crippen molar-refractivity contribution in [3.8, 4) is 0 Å². The Morgan fingerprint density at radius 2 is 1.95 bits per heavy atom. The lowest BCUT2D eigenvalue weighted by Crippen LogP contribution is -2.24. The second kappa shape index (κ2) is 6.43. The number of rotatable bonds is 3. The number of alkyl halides is 3. The maximum atomic E-state index is 13.0. The molecule has 0 aliphatic carbocycles. The molecule has 22 heavy (non-hydrogen) atoms. The van der Waals surface area contributed by atoms with Crippen molar-refractivity contribution in [1.29, 1.82) is 0 Å². The minimum atomic E-state index is -4.69. The summed E-state index contributed by atoms with van der Waals surface area (Å²) in [6, 6.07) is 3.80. The number of carbonyl (C=O) groups is 1. The normalized spacial score (nSPS) is 11.3. The third-order valence-corrected chi connectivity index (χ3v) is 3.22. The van der Waals surface area contributed by atoms with Crippen molar-refractivity contribution in [2.45, 2.75) is 12.7 Å². The molecule has 0 aliphatic heterocycles. The minimum Gasteiger partial charge on any atom is -0.348 e. The second-order valence-electron chi connectivity index (χ2n) is 4.37. The summed E-state index contributed by atoms with van der Waals surface area (Å²) >= 11 is 3.14. The summed E-state index contributed by atoms with van der Waals surface area (Å²) in [6.45, 7) is -0.375. The van der Waals surface area contributed by atoms with E-state index in [1.54, 1.807) is 0 Å². The fourth-order valence-electron chi connectivity index (χ4n) is 1.78. The number of pyridine rings is 1. The van der Waals surface area contributed by atoms with Crippen molar-refractivity contribution in [3.63, 3.8) is 0 Å². The Bertz CT molecular complexity index is 703. The van der Waals surface area contributed by atoms with Crippen molar-refractivity contribution in [3.05, 3.63) is 63.6 Å². The summed E-state index contributed by atoms with van der Waals surface area (Å²) in [5, 5.41) is 2.35. The molecule has 2 rings (SSSR count). The molecule has 3 nitrogen and oxygen atoms in total. The van der Waals surface area contributed by atoms with Gasteiger partial charge in [-0.3, -0.25) is 9.78 Å². The van der Waals surface area contributed by atoms with Gasteiger partial charge < -0.3 is 5.32 Å². The summed E-state index contributed by atoms with van der Waals surface area (Å²) in [5.74, 6) is -1.56. The van der Waals surface area contributed by atoms with Crippen molar-refractivity contribution in [2.75, 3.05) is 0 Å². The van der Waals surface area contributed by atoms with E-state index in [4.69, 9.17) is 0 Å². The van der Waals surface area contributed by atoms with Crippen LogP contribution in [0.3, 0.4) is 0 Å². The van der Waals surface area contributed by atoms with E-state index in [1.807, 2.05) is 0 Å². The highest BCUT2D eigenvalue weighted by atomic mass is 79.9. The summed E-state index contributed by atoms with van der Waals surface area (Å²) in [6.07, 6.45) is -1.94. The van der Waals surface area contributed by atoms with Gasteiger partial charge in [0.25, 0.3) is 5.91 Å². The quantitative estimate of drug-likeness (QED) is 0.824. The van der Waals surface area contributed by atoms with Crippen LogP contribution in [0.1, 0.15) is 21.5 Å². The van der Waals surface area contributed by atoms with Crippen LogP contribution in [0, 0.1) is 5.82 Å². The van der Waals surface area contributed by atoms with Crippen LogP contribution < -0.4 is 5.32 Å². The van der Waals surface area contributed by atoms with Gasteiger partial charge in [-0.2, -0.15) is 13.2 Å². The molecule has 0 saturated carbocycles. The van der Waals surface area contributed by atoms with Crippen LogP contribution in [0.2, 0.25) is 0 Å². The van der Waals surface area contributed by atoms with Gasteiger partial charge in [0.15, 0.2) is 0 Å². The predicted octanol–water partition coefficient (Wildman–Crippen LogP) is 3.93. The molecule has 1 N–H and O–H groups in total. The van der Waals surface area contributed by atoms with Gasteiger partial charge in [-0.05, 0) is 39.7 Å². The van der Waals surface area contributed by atoms with Gasteiger partial charge in [-0.1, -0.05) is 6.07 Å². The average Bonchev–Trinajstić information content (AvgIpc) is 2.44. The number of carbonyl (C=O) groups excluding carboxylic acids is 1. The van der Waals surface area contributed by atoms with Crippen LogP contribution in [0.15, 0.2) is 41.1 Å². The second-order valence-corrected chi connectivity index (χ2v) is 5.29. The first-order valence-corrected chi connectivity index (χ1v) is 6.81. The molecule has 0 unspecified atom stereocenters. The molecule has 0 saturated heterocycles. The fourth-order valence-corrected chi connectivity index (χ4v) is 2.15. The number of benzene rings is 1. The summed E-state index contributed by atoms with van der Waals surface area (Å²) in [5.41, 5.74) is -1.13. The molecule has 1 aromatic carbocycles. The van der Waals surface area contributed by atoms with Crippen LogP contribution in [0.4, 0.5) is 17.6 Å². The van der Waals surface area contributed by atoms with Crippen LogP contribution >= 0.6 is 15.9 Å². The van der Waals surface area contributed by atoms with Gasteiger partial charge in [-0.25, -0.2) is 4.39 Å². The summed E-state index contributed by atoms with van der Waals surface area (Å²) in [7, 11) is 0. The Hall–Kier alpha value is -1.96. The molecular formula is C14H9BrF4N2O. The molecule has 2 aromatic rings. The first-order chi connectivity index (χ1) is 10.3. The van der Waals surface area contributed by atoms with E-state index >= 15 is 0 Å². The third kappa shape index (κ3) is 4.03. The van der Waals surface area contributed by atoms with Gasteiger partial charge in [-0.15, -0.1) is 0 Å². The largest absolute Gasteiger partial charge is 0.416 e. The van der Waals surface area contributed by atoms with Crippen LogP contribution in [-0.2, 0) is 12.7 Å². The van der Waals surface area contributed by atoms with Crippen molar-refractivity contribution in [2.24, 2.45) is 0 Å². The monoisotopic (exact) mass is 376 g/mol. The number of amides is 1. The minimum absolute atomic E-state index is 0.199. The van der Waals surface area contributed by atoms with E-state index in [1.165, 1.54) is 18.5 Å². The Balaban J connectivity index is 2.17. The van der Waals surface area contributed by atoms with Crippen LogP contribution in [0.25, 0.3) is 0 Å². The number of hydrogen-bond acceptors (Lipinski definition) is 2. The summed E-state index contributed by atoms with van der Waals surface area (Å²) < 4.78 is 52.1. The van der Waals surface area contributed by atoms with Crippen LogP contribution in [-0.4, -0.2) is 10.9 Å². The molecule has 0 spiro atoms. The molecule has 8 heteroatoms. The third-order valence-electron chi connectivity index (χ3n) is 2.78. The zero-order valence-electron chi connectivity index (χ0n) is 10.9. The molecule has 0 fully saturated rings. The van der Waals surface area contributed by atoms with Gasteiger partial charge in [0.1, 0.15) is 5.82 Å². The Kier molecular flexibility index (Phi) is 4.80. The molecule has 1 amide bonds. The molecule has 116 valence electrons. The van der Waals surface area contributed by atoms with E-state index in [0.717, 1.165) is 12.1 Å². The first-order valence-electron chi connectivity index (χ1n) is 6.02. The predicted molar refractivity (Wildman–Crippen MR) is 74.5 cm³/mol. The number of hydrogen-bond donors (Lipinski definition) is 1. The maximum absolute atomic E-state index is 13.0. The fraction of sp³-hybridized carbons (Fsp3) is 0.143. The molecule has 0 atom stereocenters. The lowest BCUT2D eigenvalue weighted by Gasteiger charge is -2.13. The zero-order chi connectivity index (χ0) is 16.3. The van der Waals surface area contributed by atoms with Gasteiger partial charge in [0.2, 0.25) is 0 Å². The van der Waals surface area contributed by atoms with Crippen LogP contribution in [0.5, 0.6) is 0 Å². The van der Waals surface area contributed by atoms with Gasteiger partial charge in [0.05, 0.1) is 11.1 Å². The highest BCUT2D eigenvalue weighted by Gasteiger charge is 2.33. The molecule has 0 aliphatic rings. The van der Waals surface area contributed by atoms with Crippen molar-refractivity contribution in [1.82, 2.24) is 10.3 Å². The molecule has 0 radical (unpaired) electrons. The van der Waals surface area contributed by atoms with E-state index in [-0.39, 0.29) is 17.7 Å². The smallest absolute Gasteiger partial charge is 0.348 e.